The second kappa shape index (κ2) is 5.92. The Kier molecular flexibility index (Phi) is 3.31. The van der Waals surface area contributed by atoms with Gasteiger partial charge < -0.3 is 4.57 Å². The van der Waals surface area contributed by atoms with Crippen LogP contribution in [-0.4, -0.2) is 38.9 Å². The smallest absolute Gasteiger partial charge is 0.159 e. The summed E-state index contributed by atoms with van der Waals surface area (Å²) in [4.78, 5) is 12.7. The molecule has 0 bridgehead atoms. The van der Waals surface area contributed by atoms with E-state index in [4.69, 9.17) is 0 Å². The minimum absolute atomic E-state index is 0.706. The third-order valence-corrected chi connectivity index (χ3v) is 4.22. The quantitative estimate of drug-likeness (QED) is 0.500. The van der Waals surface area contributed by atoms with Crippen molar-refractivity contribution in [3.05, 3.63) is 79.4 Å². The molecule has 5 aromatic rings. The molecule has 5 rings (SSSR count). The van der Waals surface area contributed by atoms with Crippen LogP contribution in [-0.2, 0) is 6.54 Å². The lowest BCUT2D eigenvalue weighted by molar-refractivity contribution is 0.794. The maximum Gasteiger partial charge on any atom is 0.159 e. The molecule has 0 spiro atoms. The number of nitrogens with zero attached hydrogens (tertiary/aromatic N) is 8. The van der Waals surface area contributed by atoms with E-state index in [1.54, 1.807) is 28.0 Å². The third-order valence-electron chi connectivity index (χ3n) is 4.22. The molecule has 0 amide bonds. The first kappa shape index (κ1) is 14.5. The van der Waals surface area contributed by atoms with E-state index in [9.17, 15) is 0 Å². The van der Waals surface area contributed by atoms with Gasteiger partial charge in [-0.1, -0.05) is 18.2 Å². The summed E-state index contributed by atoms with van der Waals surface area (Å²) in [5.41, 5.74) is 3.85. The first-order chi connectivity index (χ1) is 12.9. The van der Waals surface area contributed by atoms with E-state index in [0.29, 0.717) is 6.54 Å². The zero-order valence-corrected chi connectivity index (χ0v) is 13.7. The predicted octanol–water partition coefficient (Wildman–Crippen LogP) is 2.22. The summed E-state index contributed by atoms with van der Waals surface area (Å²) < 4.78 is 5.63. The van der Waals surface area contributed by atoms with Gasteiger partial charge in [0.15, 0.2) is 11.5 Å². The minimum Gasteiger partial charge on any atom is -0.325 e. The van der Waals surface area contributed by atoms with E-state index in [2.05, 4.69) is 41.8 Å². The topological polar surface area (TPSA) is 78.7 Å². The maximum atomic E-state index is 4.52. The van der Waals surface area contributed by atoms with E-state index >= 15 is 0 Å². The normalized spacial score (nSPS) is 11.2. The molecule has 0 radical (unpaired) electrons. The fraction of sp³-hybridized carbons (Fsp3) is 0.0556. The SMILES string of the molecule is c1cc(-c2nccn2Cc2ccc(-n3cncn3)cc2)n2ncnc2c1. The Labute approximate surface area is 148 Å². The largest absolute Gasteiger partial charge is 0.325 e. The van der Waals surface area contributed by atoms with Gasteiger partial charge in [0.25, 0.3) is 0 Å². The molecule has 0 fully saturated rings. The van der Waals surface area contributed by atoms with Crippen molar-refractivity contribution >= 4 is 5.65 Å². The molecule has 0 aliphatic heterocycles. The Hall–Kier alpha value is -3.81. The van der Waals surface area contributed by atoms with Gasteiger partial charge in [-0.2, -0.15) is 10.2 Å². The molecule has 0 unspecified atom stereocenters. The number of rotatable bonds is 4. The van der Waals surface area contributed by atoms with Crippen molar-refractivity contribution in [3.63, 3.8) is 0 Å². The van der Waals surface area contributed by atoms with E-state index in [1.807, 2.05) is 36.5 Å². The molecule has 26 heavy (non-hydrogen) atoms. The van der Waals surface area contributed by atoms with Gasteiger partial charge in [0, 0.05) is 18.9 Å². The summed E-state index contributed by atoms with van der Waals surface area (Å²) >= 11 is 0. The molecule has 0 aliphatic rings. The highest BCUT2D eigenvalue weighted by Gasteiger charge is 2.11. The second-order valence-corrected chi connectivity index (χ2v) is 5.83. The van der Waals surface area contributed by atoms with Crippen molar-refractivity contribution in [3.8, 4) is 17.2 Å². The highest BCUT2D eigenvalue weighted by Crippen LogP contribution is 2.19. The fourth-order valence-corrected chi connectivity index (χ4v) is 2.98. The Balaban J connectivity index is 1.47. The van der Waals surface area contributed by atoms with E-state index in [-0.39, 0.29) is 0 Å². The Morgan fingerprint density at radius 3 is 2.65 bits per heavy atom. The third kappa shape index (κ3) is 2.44. The van der Waals surface area contributed by atoms with Gasteiger partial charge in [-0.3, -0.25) is 0 Å². The molecule has 1 aromatic carbocycles. The van der Waals surface area contributed by atoms with Crippen LogP contribution >= 0.6 is 0 Å². The van der Waals surface area contributed by atoms with Crippen molar-refractivity contribution in [1.29, 1.82) is 0 Å². The van der Waals surface area contributed by atoms with Crippen molar-refractivity contribution in [2.24, 2.45) is 0 Å². The Morgan fingerprint density at radius 2 is 1.81 bits per heavy atom. The van der Waals surface area contributed by atoms with Crippen LogP contribution in [0, 0.1) is 0 Å². The summed E-state index contributed by atoms with van der Waals surface area (Å²) in [5, 5.41) is 8.44. The molecule has 0 saturated heterocycles. The van der Waals surface area contributed by atoms with Crippen LogP contribution in [0.3, 0.4) is 0 Å². The zero-order chi connectivity index (χ0) is 17.3. The summed E-state index contributed by atoms with van der Waals surface area (Å²) in [6, 6.07) is 14.1. The lowest BCUT2D eigenvalue weighted by Gasteiger charge is -2.10. The average molecular weight is 342 g/mol. The molecule has 0 saturated carbocycles. The first-order valence-corrected chi connectivity index (χ1v) is 8.13. The molecule has 4 aromatic heterocycles. The summed E-state index contributed by atoms with van der Waals surface area (Å²) in [6.07, 6.45) is 8.53. The first-order valence-electron chi connectivity index (χ1n) is 8.13. The molecular weight excluding hydrogens is 328 g/mol. The van der Waals surface area contributed by atoms with E-state index < -0.39 is 0 Å². The van der Waals surface area contributed by atoms with Crippen LogP contribution in [0.2, 0.25) is 0 Å². The molecule has 0 N–H and O–H groups in total. The maximum absolute atomic E-state index is 4.52. The van der Waals surface area contributed by atoms with Gasteiger partial charge in [0.1, 0.15) is 24.7 Å². The standard InChI is InChI=1S/C18H14N8/c1-2-16(26-17(3-1)21-12-23-26)18-20-8-9-24(18)10-14-4-6-15(7-5-14)25-13-19-11-22-25/h1-9,11-13H,10H2. The molecular formula is C18H14N8. The molecule has 0 atom stereocenters. The van der Waals surface area contributed by atoms with Gasteiger partial charge >= 0.3 is 0 Å². The fourth-order valence-electron chi connectivity index (χ4n) is 2.98. The monoisotopic (exact) mass is 342 g/mol. The molecule has 4 heterocycles. The minimum atomic E-state index is 0.706. The van der Waals surface area contributed by atoms with Gasteiger partial charge in [-0.05, 0) is 29.8 Å². The lowest BCUT2D eigenvalue weighted by Crippen LogP contribution is -2.05. The van der Waals surface area contributed by atoms with Gasteiger partial charge in [0.2, 0.25) is 0 Å². The number of pyridine rings is 1. The number of hydrogen-bond acceptors (Lipinski definition) is 5. The summed E-state index contributed by atoms with van der Waals surface area (Å²) in [5.74, 6) is 0.849. The number of fused-ring (bicyclic) bond motifs is 1. The van der Waals surface area contributed by atoms with Gasteiger partial charge in [0.05, 0.1) is 5.69 Å². The number of aromatic nitrogens is 8. The summed E-state index contributed by atoms with van der Waals surface area (Å²) in [6.45, 7) is 0.706. The van der Waals surface area contributed by atoms with Crippen LogP contribution in [0.15, 0.2) is 73.8 Å². The number of hydrogen-bond donors (Lipinski definition) is 0. The lowest BCUT2D eigenvalue weighted by atomic mass is 10.2. The van der Waals surface area contributed by atoms with Crippen molar-refractivity contribution < 1.29 is 0 Å². The van der Waals surface area contributed by atoms with Gasteiger partial charge in [-0.25, -0.2) is 24.1 Å². The summed E-state index contributed by atoms with van der Waals surface area (Å²) in [7, 11) is 0. The highest BCUT2D eigenvalue weighted by atomic mass is 15.3. The van der Waals surface area contributed by atoms with Gasteiger partial charge in [-0.15, -0.1) is 0 Å². The van der Waals surface area contributed by atoms with Crippen molar-refractivity contribution in [2.45, 2.75) is 6.54 Å². The van der Waals surface area contributed by atoms with Crippen LogP contribution in [0.4, 0.5) is 0 Å². The molecule has 8 heteroatoms. The van der Waals surface area contributed by atoms with E-state index in [1.165, 1.54) is 11.9 Å². The second-order valence-electron chi connectivity index (χ2n) is 5.83. The van der Waals surface area contributed by atoms with Crippen molar-refractivity contribution in [1.82, 2.24) is 38.9 Å². The average Bonchev–Trinajstić information content (AvgIpc) is 3.43. The van der Waals surface area contributed by atoms with Crippen molar-refractivity contribution in [2.75, 3.05) is 0 Å². The van der Waals surface area contributed by atoms with Crippen LogP contribution < -0.4 is 0 Å². The molecule has 8 nitrogen and oxygen atoms in total. The Bertz CT molecular complexity index is 1150. The molecule has 126 valence electrons. The highest BCUT2D eigenvalue weighted by molar-refractivity contribution is 5.56. The van der Waals surface area contributed by atoms with E-state index in [0.717, 1.165) is 22.9 Å². The molecule has 0 aliphatic carbocycles. The Morgan fingerprint density at radius 1 is 0.885 bits per heavy atom. The number of imidazole rings is 1. The van der Waals surface area contributed by atoms with Crippen LogP contribution in [0.5, 0.6) is 0 Å². The predicted molar refractivity (Wildman–Crippen MR) is 94.7 cm³/mol. The zero-order valence-electron chi connectivity index (χ0n) is 13.7. The van der Waals surface area contributed by atoms with Crippen LogP contribution in [0.25, 0.3) is 22.9 Å². The number of benzene rings is 1. The van der Waals surface area contributed by atoms with Crippen LogP contribution in [0.1, 0.15) is 5.56 Å².